The van der Waals surface area contributed by atoms with Gasteiger partial charge in [-0.1, -0.05) is 12.8 Å². The van der Waals surface area contributed by atoms with Crippen LogP contribution < -0.4 is 22.1 Å². The summed E-state index contributed by atoms with van der Waals surface area (Å²) in [5, 5.41) is 7.55. The van der Waals surface area contributed by atoms with Gasteiger partial charge in [0.15, 0.2) is 0 Å². The Balaban J connectivity index is 1.61. The molecule has 1 amide bonds. The zero-order chi connectivity index (χ0) is 18.8. The van der Waals surface area contributed by atoms with Crippen LogP contribution in [-0.4, -0.2) is 32.9 Å². The number of primary amides is 1. The number of carbonyl (C=O) groups is 1. The number of anilines is 3. The van der Waals surface area contributed by atoms with Crippen LogP contribution in [0.3, 0.4) is 0 Å². The van der Waals surface area contributed by atoms with Crippen molar-refractivity contribution in [2.75, 3.05) is 10.6 Å². The molecular weight excluding hydrogens is 342 g/mol. The number of carbonyl (C=O) groups excluding carboxylic acids is 1. The molecule has 1 saturated carbocycles. The van der Waals surface area contributed by atoms with E-state index >= 15 is 0 Å². The molecule has 2 aromatic heterocycles. The molecule has 1 aliphatic rings. The predicted molar refractivity (Wildman–Crippen MR) is 106 cm³/mol. The van der Waals surface area contributed by atoms with Crippen molar-refractivity contribution in [3.05, 3.63) is 42.2 Å². The van der Waals surface area contributed by atoms with Gasteiger partial charge in [0.2, 0.25) is 5.95 Å². The second kappa shape index (κ2) is 7.24. The van der Waals surface area contributed by atoms with Crippen LogP contribution in [-0.2, 0) is 0 Å². The highest BCUT2D eigenvalue weighted by Gasteiger charge is 2.23. The van der Waals surface area contributed by atoms with Crippen LogP contribution >= 0.6 is 0 Å². The van der Waals surface area contributed by atoms with Crippen molar-refractivity contribution in [1.29, 1.82) is 0 Å². The van der Waals surface area contributed by atoms with Crippen LogP contribution in [0.1, 0.15) is 36.0 Å². The van der Waals surface area contributed by atoms with E-state index < -0.39 is 5.91 Å². The van der Waals surface area contributed by atoms with Gasteiger partial charge >= 0.3 is 0 Å². The summed E-state index contributed by atoms with van der Waals surface area (Å²) in [6, 6.07) is 8.03. The number of nitrogens with two attached hydrogens (primary N) is 2. The van der Waals surface area contributed by atoms with E-state index in [-0.39, 0.29) is 17.6 Å². The van der Waals surface area contributed by atoms with E-state index in [1.807, 2.05) is 30.5 Å². The average Bonchev–Trinajstić information content (AvgIpc) is 3.11. The van der Waals surface area contributed by atoms with E-state index in [0.29, 0.717) is 11.8 Å². The number of rotatable bonds is 5. The van der Waals surface area contributed by atoms with E-state index in [4.69, 9.17) is 11.5 Å². The molecule has 0 radical (unpaired) electrons. The molecule has 0 spiro atoms. The molecule has 0 unspecified atom stereocenters. The van der Waals surface area contributed by atoms with Crippen LogP contribution in [0.25, 0.3) is 10.9 Å². The molecule has 8 nitrogen and oxygen atoms in total. The van der Waals surface area contributed by atoms with Crippen molar-refractivity contribution in [3.8, 4) is 0 Å². The zero-order valence-electron chi connectivity index (χ0n) is 14.9. The molecule has 1 fully saturated rings. The highest BCUT2D eigenvalue weighted by Crippen LogP contribution is 2.25. The van der Waals surface area contributed by atoms with E-state index in [9.17, 15) is 4.79 Å². The van der Waals surface area contributed by atoms with Gasteiger partial charge in [-0.3, -0.25) is 4.79 Å². The summed E-state index contributed by atoms with van der Waals surface area (Å²) < 4.78 is 0. The third-order valence-corrected chi connectivity index (χ3v) is 5.00. The Morgan fingerprint density at radius 2 is 2.07 bits per heavy atom. The molecule has 27 heavy (non-hydrogen) atoms. The number of fused-ring (bicyclic) bond motifs is 1. The SMILES string of the molecule is NC(=O)c1cnc(N[C@@H]2CCCC[C@@H]2N)nc1Nc1ccc2[nH]ccc2c1. The van der Waals surface area contributed by atoms with Gasteiger partial charge in [-0.2, -0.15) is 4.98 Å². The number of aromatic nitrogens is 3. The molecule has 2 heterocycles. The third-order valence-electron chi connectivity index (χ3n) is 5.00. The number of benzene rings is 1. The lowest BCUT2D eigenvalue weighted by Crippen LogP contribution is -2.43. The minimum atomic E-state index is -0.582. The Kier molecular flexibility index (Phi) is 4.64. The van der Waals surface area contributed by atoms with E-state index in [0.717, 1.165) is 42.3 Å². The third kappa shape index (κ3) is 3.70. The molecular formula is C19H23N7O. The monoisotopic (exact) mass is 365 g/mol. The van der Waals surface area contributed by atoms with Crippen LogP contribution in [0.2, 0.25) is 0 Å². The molecule has 7 N–H and O–H groups in total. The first kappa shape index (κ1) is 17.3. The van der Waals surface area contributed by atoms with Crippen molar-refractivity contribution < 1.29 is 4.79 Å². The largest absolute Gasteiger partial charge is 0.365 e. The maximum absolute atomic E-state index is 11.8. The van der Waals surface area contributed by atoms with Gasteiger partial charge in [0.25, 0.3) is 5.91 Å². The van der Waals surface area contributed by atoms with Gasteiger partial charge in [-0.15, -0.1) is 0 Å². The van der Waals surface area contributed by atoms with E-state index in [1.165, 1.54) is 6.20 Å². The second-order valence-corrected chi connectivity index (χ2v) is 6.92. The average molecular weight is 365 g/mol. The van der Waals surface area contributed by atoms with E-state index in [2.05, 4.69) is 25.6 Å². The molecule has 0 saturated heterocycles. The smallest absolute Gasteiger partial charge is 0.254 e. The van der Waals surface area contributed by atoms with Crippen molar-refractivity contribution in [3.63, 3.8) is 0 Å². The number of amides is 1. The maximum Gasteiger partial charge on any atom is 0.254 e. The van der Waals surface area contributed by atoms with Gasteiger partial charge in [-0.25, -0.2) is 4.98 Å². The van der Waals surface area contributed by atoms with Crippen LogP contribution in [0.5, 0.6) is 0 Å². The fraction of sp³-hybridized carbons (Fsp3) is 0.316. The lowest BCUT2D eigenvalue weighted by molar-refractivity contribution is 0.100. The Hall–Kier alpha value is -3.13. The highest BCUT2D eigenvalue weighted by molar-refractivity contribution is 5.98. The zero-order valence-corrected chi connectivity index (χ0v) is 14.9. The fourth-order valence-electron chi connectivity index (χ4n) is 3.50. The molecule has 1 aromatic carbocycles. The fourth-order valence-corrected chi connectivity index (χ4v) is 3.50. The van der Waals surface area contributed by atoms with Crippen LogP contribution in [0.4, 0.5) is 17.5 Å². The van der Waals surface area contributed by atoms with Gasteiger partial charge < -0.3 is 27.1 Å². The molecule has 140 valence electrons. The molecule has 0 aliphatic heterocycles. The standard InChI is InChI=1S/C19H23N7O/c20-14-3-1-2-4-16(14)25-19-23-10-13(17(21)27)18(26-19)24-12-5-6-15-11(9-12)7-8-22-15/h5-10,14,16,22H,1-4,20H2,(H2,21,27)(H2,23,24,25,26)/t14-,16+/m0/s1. The van der Waals surface area contributed by atoms with Gasteiger partial charge in [0.1, 0.15) is 11.4 Å². The molecule has 0 bridgehead atoms. The number of nitrogens with one attached hydrogen (secondary N) is 3. The van der Waals surface area contributed by atoms with Crippen molar-refractivity contribution >= 4 is 34.3 Å². The first-order chi connectivity index (χ1) is 13.1. The van der Waals surface area contributed by atoms with Gasteiger partial charge in [0.05, 0.1) is 0 Å². The first-order valence-electron chi connectivity index (χ1n) is 9.13. The van der Waals surface area contributed by atoms with Gasteiger partial charge in [-0.05, 0) is 37.1 Å². The van der Waals surface area contributed by atoms with Crippen molar-refractivity contribution in [1.82, 2.24) is 15.0 Å². The first-order valence-corrected chi connectivity index (χ1v) is 9.13. The lowest BCUT2D eigenvalue weighted by Gasteiger charge is -2.29. The molecule has 1 aliphatic carbocycles. The Labute approximate surface area is 156 Å². The molecule has 2 atom stereocenters. The Bertz CT molecular complexity index is 968. The topological polar surface area (TPSA) is 135 Å². The number of hydrogen-bond donors (Lipinski definition) is 5. The van der Waals surface area contributed by atoms with Crippen LogP contribution in [0, 0.1) is 0 Å². The summed E-state index contributed by atoms with van der Waals surface area (Å²) in [7, 11) is 0. The number of nitrogens with zero attached hydrogens (tertiary/aromatic N) is 2. The summed E-state index contributed by atoms with van der Waals surface area (Å²) >= 11 is 0. The maximum atomic E-state index is 11.8. The minimum absolute atomic E-state index is 0.0746. The summed E-state index contributed by atoms with van der Waals surface area (Å²) in [5.74, 6) is 0.230. The van der Waals surface area contributed by atoms with E-state index in [1.54, 1.807) is 0 Å². The minimum Gasteiger partial charge on any atom is -0.365 e. The lowest BCUT2D eigenvalue weighted by atomic mass is 9.91. The van der Waals surface area contributed by atoms with Crippen LogP contribution in [0.15, 0.2) is 36.7 Å². The van der Waals surface area contributed by atoms with Crippen molar-refractivity contribution in [2.24, 2.45) is 11.5 Å². The van der Waals surface area contributed by atoms with Crippen molar-refractivity contribution in [2.45, 2.75) is 37.8 Å². The summed E-state index contributed by atoms with van der Waals surface area (Å²) in [5.41, 5.74) is 13.8. The number of aromatic amines is 1. The summed E-state index contributed by atoms with van der Waals surface area (Å²) in [6.07, 6.45) is 7.57. The highest BCUT2D eigenvalue weighted by atomic mass is 16.1. The summed E-state index contributed by atoms with van der Waals surface area (Å²) in [4.78, 5) is 23.7. The normalized spacial score (nSPS) is 19.7. The summed E-state index contributed by atoms with van der Waals surface area (Å²) in [6.45, 7) is 0. The quantitative estimate of drug-likeness (QED) is 0.471. The van der Waals surface area contributed by atoms with Gasteiger partial charge in [0, 0.05) is 41.1 Å². The molecule has 8 heteroatoms. The molecule has 4 rings (SSSR count). The Morgan fingerprint density at radius 1 is 1.22 bits per heavy atom. The number of hydrogen-bond acceptors (Lipinski definition) is 6. The molecule has 3 aromatic rings. The predicted octanol–water partition coefficient (Wildman–Crippen LogP) is 2.48. The number of H-pyrrole nitrogens is 1. The second-order valence-electron chi connectivity index (χ2n) is 6.92. The Morgan fingerprint density at radius 3 is 2.89 bits per heavy atom.